The van der Waals surface area contributed by atoms with Gasteiger partial charge in [0.1, 0.15) is 17.2 Å². The van der Waals surface area contributed by atoms with Crippen LogP contribution in [-0.4, -0.2) is 10.7 Å². The summed E-state index contributed by atoms with van der Waals surface area (Å²) in [6.45, 7) is 2.24. The summed E-state index contributed by atoms with van der Waals surface area (Å²) >= 11 is 0. The molecule has 110 valence electrons. The highest BCUT2D eigenvalue weighted by molar-refractivity contribution is 5.38. The van der Waals surface area contributed by atoms with Gasteiger partial charge in [-0.25, -0.2) is 4.39 Å². The standard InChI is InChI=1S/C17H23FO2/c1-2-12-4-3-8-17(9-7-12)11-15(19)14-6-5-13(18)10-16(14)20-17/h5-6,10,12,15,19H,2-4,7-9,11H2,1H3. The molecule has 1 aromatic carbocycles. The Balaban J connectivity index is 1.86. The van der Waals surface area contributed by atoms with Crippen molar-refractivity contribution >= 4 is 0 Å². The summed E-state index contributed by atoms with van der Waals surface area (Å²) in [7, 11) is 0. The van der Waals surface area contributed by atoms with E-state index >= 15 is 0 Å². The van der Waals surface area contributed by atoms with E-state index in [1.165, 1.54) is 25.0 Å². The summed E-state index contributed by atoms with van der Waals surface area (Å²) in [5, 5.41) is 10.4. The first-order valence-electron chi connectivity index (χ1n) is 7.78. The minimum Gasteiger partial charge on any atom is -0.487 e. The molecule has 0 saturated heterocycles. The first-order valence-corrected chi connectivity index (χ1v) is 7.78. The van der Waals surface area contributed by atoms with Crippen LogP contribution in [0.4, 0.5) is 4.39 Å². The first kappa shape index (κ1) is 13.9. The van der Waals surface area contributed by atoms with Crippen molar-refractivity contribution in [3.05, 3.63) is 29.6 Å². The van der Waals surface area contributed by atoms with E-state index < -0.39 is 6.10 Å². The van der Waals surface area contributed by atoms with Crippen LogP contribution >= 0.6 is 0 Å². The largest absolute Gasteiger partial charge is 0.487 e. The summed E-state index contributed by atoms with van der Waals surface area (Å²) in [6.07, 6.45) is 6.79. The molecule has 1 heterocycles. The molecule has 3 atom stereocenters. The summed E-state index contributed by atoms with van der Waals surface area (Å²) in [5.41, 5.74) is 0.442. The van der Waals surface area contributed by atoms with Gasteiger partial charge in [0.25, 0.3) is 0 Å². The Morgan fingerprint density at radius 2 is 2.20 bits per heavy atom. The van der Waals surface area contributed by atoms with Crippen LogP contribution in [0.25, 0.3) is 0 Å². The molecule has 1 saturated carbocycles. The van der Waals surface area contributed by atoms with Gasteiger partial charge in [-0.1, -0.05) is 19.8 Å². The van der Waals surface area contributed by atoms with Crippen LogP contribution in [0, 0.1) is 11.7 Å². The molecule has 1 aromatic rings. The second-order valence-electron chi connectivity index (χ2n) is 6.39. The fraction of sp³-hybridized carbons (Fsp3) is 0.647. The van der Waals surface area contributed by atoms with Crippen molar-refractivity contribution in [2.24, 2.45) is 5.92 Å². The number of aliphatic hydroxyl groups excluding tert-OH is 1. The highest BCUT2D eigenvalue weighted by Crippen LogP contribution is 2.46. The van der Waals surface area contributed by atoms with Crippen molar-refractivity contribution in [1.82, 2.24) is 0 Å². The van der Waals surface area contributed by atoms with E-state index in [2.05, 4.69) is 6.92 Å². The number of benzene rings is 1. The number of fused-ring (bicyclic) bond motifs is 1. The van der Waals surface area contributed by atoms with E-state index in [9.17, 15) is 9.50 Å². The predicted molar refractivity (Wildman–Crippen MR) is 76.2 cm³/mol. The van der Waals surface area contributed by atoms with E-state index in [-0.39, 0.29) is 11.4 Å². The van der Waals surface area contributed by atoms with E-state index in [0.717, 1.165) is 37.2 Å². The Labute approximate surface area is 120 Å². The molecule has 1 aliphatic carbocycles. The van der Waals surface area contributed by atoms with Crippen molar-refractivity contribution < 1.29 is 14.2 Å². The van der Waals surface area contributed by atoms with Gasteiger partial charge in [-0.3, -0.25) is 0 Å². The molecule has 1 spiro atoms. The lowest BCUT2D eigenvalue weighted by atomic mass is 9.83. The fourth-order valence-corrected chi connectivity index (χ4v) is 3.77. The van der Waals surface area contributed by atoms with Gasteiger partial charge >= 0.3 is 0 Å². The maximum Gasteiger partial charge on any atom is 0.128 e. The van der Waals surface area contributed by atoms with Crippen LogP contribution in [0.2, 0.25) is 0 Å². The van der Waals surface area contributed by atoms with Crippen LogP contribution in [0.5, 0.6) is 5.75 Å². The summed E-state index contributed by atoms with van der Waals surface area (Å²) in [5.74, 6) is 1.01. The van der Waals surface area contributed by atoms with Crippen molar-refractivity contribution in [2.75, 3.05) is 0 Å². The zero-order chi connectivity index (χ0) is 14.2. The van der Waals surface area contributed by atoms with E-state index in [0.29, 0.717) is 12.2 Å². The smallest absolute Gasteiger partial charge is 0.128 e. The third-order valence-electron chi connectivity index (χ3n) is 5.06. The zero-order valence-corrected chi connectivity index (χ0v) is 12.1. The van der Waals surface area contributed by atoms with Gasteiger partial charge in [-0.05, 0) is 43.7 Å². The lowest BCUT2D eigenvalue weighted by Crippen LogP contribution is -2.40. The van der Waals surface area contributed by atoms with Crippen molar-refractivity contribution in [3.63, 3.8) is 0 Å². The minimum absolute atomic E-state index is 0.288. The first-order chi connectivity index (χ1) is 9.62. The molecule has 3 unspecified atom stereocenters. The molecule has 2 aliphatic rings. The monoisotopic (exact) mass is 278 g/mol. The van der Waals surface area contributed by atoms with E-state index in [4.69, 9.17) is 4.74 Å². The lowest BCUT2D eigenvalue weighted by molar-refractivity contribution is -0.0253. The van der Waals surface area contributed by atoms with Gasteiger partial charge < -0.3 is 9.84 Å². The predicted octanol–water partition coefficient (Wildman–Crippen LogP) is 4.37. The quantitative estimate of drug-likeness (QED) is 0.826. The average molecular weight is 278 g/mol. The van der Waals surface area contributed by atoms with Gasteiger partial charge in [0.05, 0.1) is 6.10 Å². The second-order valence-corrected chi connectivity index (χ2v) is 6.39. The van der Waals surface area contributed by atoms with Crippen LogP contribution in [0.15, 0.2) is 18.2 Å². The van der Waals surface area contributed by atoms with Crippen LogP contribution in [0.3, 0.4) is 0 Å². The van der Waals surface area contributed by atoms with E-state index in [1.54, 1.807) is 6.07 Å². The molecule has 0 amide bonds. The minimum atomic E-state index is -0.530. The zero-order valence-electron chi connectivity index (χ0n) is 12.1. The summed E-state index contributed by atoms with van der Waals surface area (Å²) in [6, 6.07) is 4.46. The molecular formula is C17H23FO2. The molecule has 3 rings (SSSR count). The van der Waals surface area contributed by atoms with Crippen molar-refractivity contribution in [1.29, 1.82) is 0 Å². The number of aliphatic hydroxyl groups is 1. The number of hydrogen-bond donors (Lipinski definition) is 1. The van der Waals surface area contributed by atoms with Gasteiger partial charge in [0, 0.05) is 18.1 Å². The normalized spacial score (nSPS) is 33.4. The Kier molecular flexibility index (Phi) is 3.72. The van der Waals surface area contributed by atoms with Gasteiger partial charge in [0.2, 0.25) is 0 Å². The third-order valence-corrected chi connectivity index (χ3v) is 5.06. The highest BCUT2D eigenvalue weighted by atomic mass is 19.1. The summed E-state index contributed by atoms with van der Waals surface area (Å²) in [4.78, 5) is 0. The van der Waals surface area contributed by atoms with Gasteiger partial charge in [0.15, 0.2) is 0 Å². The molecule has 2 nitrogen and oxygen atoms in total. The topological polar surface area (TPSA) is 29.5 Å². The maximum absolute atomic E-state index is 13.4. The van der Waals surface area contributed by atoms with Crippen molar-refractivity contribution in [2.45, 2.75) is 63.6 Å². The van der Waals surface area contributed by atoms with Crippen LogP contribution in [-0.2, 0) is 0 Å². The molecular weight excluding hydrogens is 255 g/mol. The van der Waals surface area contributed by atoms with E-state index in [1.807, 2.05) is 0 Å². The van der Waals surface area contributed by atoms with Gasteiger partial charge in [-0.15, -0.1) is 0 Å². The Morgan fingerprint density at radius 3 is 3.00 bits per heavy atom. The van der Waals surface area contributed by atoms with Gasteiger partial charge in [-0.2, -0.15) is 0 Å². The number of ether oxygens (including phenoxy) is 1. The summed E-state index contributed by atoms with van der Waals surface area (Å²) < 4.78 is 19.6. The number of hydrogen-bond acceptors (Lipinski definition) is 2. The molecule has 0 aromatic heterocycles. The third kappa shape index (κ3) is 2.56. The van der Waals surface area contributed by atoms with Crippen LogP contribution in [0.1, 0.15) is 63.5 Å². The Hall–Kier alpha value is -1.09. The SMILES string of the molecule is CCC1CCCC2(CC1)CC(O)c1ccc(F)cc1O2. The molecule has 1 aliphatic heterocycles. The molecule has 1 N–H and O–H groups in total. The molecule has 3 heteroatoms. The Bertz CT molecular complexity index is 488. The number of rotatable bonds is 1. The molecule has 20 heavy (non-hydrogen) atoms. The van der Waals surface area contributed by atoms with Crippen molar-refractivity contribution in [3.8, 4) is 5.75 Å². The van der Waals surface area contributed by atoms with Crippen LogP contribution < -0.4 is 4.74 Å². The molecule has 1 fully saturated rings. The maximum atomic E-state index is 13.4. The lowest BCUT2D eigenvalue weighted by Gasteiger charge is -2.40. The molecule has 0 bridgehead atoms. The Morgan fingerprint density at radius 1 is 1.35 bits per heavy atom. The second kappa shape index (κ2) is 5.36. The molecule has 0 radical (unpaired) electrons. The fourth-order valence-electron chi connectivity index (χ4n) is 3.77. The average Bonchev–Trinajstić information content (AvgIpc) is 2.60. The highest BCUT2D eigenvalue weighted by Gasteiger charge is 2.41. The number of halogens is 1.